The molecular formula is C11H23N3O2. The maximum absolute atomic E-state index is 11.3. The molecule has 0 aromatic rings. The summed E-state index contributed by atoms with van der Waals surface area (Å²) in [6.07, 6.45) is 1.31. The topological polar surface area (TPSA) is 84.2 Å². The molecule has 1 atom stereocenters. The molecule has 0 radical (unpaired) electrons. The Morgan fingerprint density at radius 1 is 1.19 bits per heavy atom. The van der Waals surface area contributed by atoms with E-state index >= 15 is 0 Å². The predicted octanol–water partition coefficient (Wildman–Crippen LogP) is 0.00220. The third-order valence-corrected chi connectivity index (χ3v) is 2.16. The highest BCUT2D eigenvalue weighted by molar-refractivity contribution is 5.84. The Bertz CT molecular complexity index is 229. The first-order chi connectivity index (χ1) is 7.45. The fraction of sp³-hybridized carbons (Fsp3) is 0.818. The molecule has 0 heterocycles. The summed E-state index contributed by atoms with van der Waals surface area (Å²) < 4.78 is 0. The van der Waals surface area contributed by atoms with Crippen molar-refractivity contribution in [2.75, 3.05) is 13.1 Å². The minimum atomic E-state index is -0.198. The zero-order valence-corrected chi connectivity index (χ0v) is 10.4. The van der Waals surface area contributed by atoms with Crippen molar-refractivity contribution in [1.82, 2.24) is 10.6 Å². The molecule has 0 aliphatic carbocycles. The van der Waals surface area contributed by atoms with Gasteiger partial charge in [0.05, 0.1) is 6.54 Å². The third kappa shape index (κ3) is 8.23. The lowest BCUT2D eigenvalue weighted by molar-refractivity contribution is -0.126. The molecule has 5 heteroatoms. The number of nitrogens with two attached hydrogens (primary N) is 1. The van der Waals surface area contributed by atoms with Gasteiger partial charge in [0, 0.05) is 19.0 Å². The molecule has 4 N–H and O–H groups in total. The van der Waals surface area contributed by atoms with Crippen molar-refractivity contribution < 1.29 is 9.59 Å². The third-order valence-electron chi connectivity index (χ3n) is 2.16. The Kier molecular flexibility index (Phi) is 7.54. The van der Waals surface area contributed by atoms with Crippen LogP contribution in [0.4, 0.5) is 0 Å². The number of rotatable bonds is 7. The van der Waals surface area contributed by atoms with E-state index < -0.39 is 0 Å². The molecule has 0 aromatic carbocycles. The number of hydrogen-bond acceptors (Lipinski definition) is 3. The second kappa shape index (κ2) is 8.10. The van der Waals surface area contributed by atoms with Crippen LogP contribution in [0.15, 0.2) is 0 Å². The number of carbonyl (C=O) groups excluding carboxylic acids is 2. The smallest absolute Gasteiger partial charge is 0.239 e. The van der Waals surface area contributed by atoms with Gasteiger partial charge in [-0.1, -0.05) is 13.8 Å². The molecule has 0 fully saturated rings. The molecular weight excluding hydrogens is 206 g/mol. The average molecular weight is 229 g/mol. The van der Waals surface area contributed by atoms with Crippen LogP contribution >= 0.6 is 0 Å². The zero-order chi connectivity index (χ0) is 12.6. The first kappa shape index (κ1) is 14.9. The van der Waals surface area contributed by atoms with E-state index in [1.165, 1.54) is 0 Å². The number of hydrogen-bond donors (Lipinski definition) is 3. The van der Waals surface area contributed by atoms with Gasteiger partial charge in [0.25, 0.3) is 0 Å². The van der Waals surface area contributed by atoms with Gasteiger partial charge in [-0.3, -0.25) is 9.59 Å². The molecule has 0 aromatic heterocycles. The van der Waals surface area contributed by atoms with Crippen molar-refractivity contribution in [2.24, 2.45) is 11.7 Å². The molecule has 94 valence electrons. The summed E-state index contributed by atoms with van der Waals surface area (Å²) in [4.78, 5) is 22.6. The molecule has 16 heavy (non-hydrogen) atoms. The highest BCUT2D eigenvalue weighted by Crippen LogP contribution is 2.02. The molecule has 0 aliphatic heterocycles. The van der Waals surface area contributed by atoms with Crippen LogP contribution in [-0.2, 0) is 9.59 Å². The molecule has 0 bridgehead atoms. The standard InChI is InChI=1S/C11H23N3O2/c1-8(2)4-5-10(15)13-7-11(16)14-9(3)6-12/h8-9H,4-7,12H2,1-3H3,(H,13,15)(H,14,16)/t9-/m0/s1. The zero-order valence-electron chi connectivity index (χ0n) is 10.4. The monoisotopic (exact) mass is 229 g/mol. The van der Waals surface area contributed by atoms with E-state index in [4.69, 9.17) is 5.73 Å². The van der Waals surface area contributed by atoms with Crippen LogP contribution in [0, 0.1) is 5.92 Å². The molecule has 2 amide bonds. The van der Waals surface area contributed by atoms with Gasteiger partial charge >= 0.3 is 0 Å². The minimum absolute atomic E-state index is 0.0290. The quantitative estimate of drug-likeness (QED) is 0.574. The summed E-state index contributed by atoms with van der Waals surface area (Å²) in [5.41, 5.74) is 5.36. The molecule has 0 saturated heterocycles. The molecule has 0 aliphatic rings. The summed E-state index contributed by atoms with van der Waals surface area (Å²) in [5.74, 6) is 0.219. The number of amides is 2. The van der Waals surface area contributed by atoms with E-state index in [0.29, 0.717) is 18.9 Å². The Labute approximate surface area is 97.2 Å². The van der Waals surface area contributed by atoms with Crippen molar-refractivity contribution in [2.45, 2.75) is 39.7 Å². The highest BCUT2D eigenvalue weighted by Gasteiger charge is 2.08. The summed E-state index contributed by atoms with van der Waals surface area (Å²) in [7, 11) is 0. The van der Waals surface area contributed by atoms with E-state index in [9.17, 15) is 9.59 Å². The summed E-state index contributed by atoms with van der Waals surface area (Å²) in [5, 5.41) is 5.25. The molecule has 0 unspecified atom stereocenters. The van der Waals surface area contributed by atoms with E-state index in [2.05, 4.69) is 24.5 Å². The lowest BCUT2D eigenvalue weighted by Gasteiger charge is -2.11. The van der Waals surface area contributed by atoms with Crippen molar-refractivity contribution in [1.29, 1.82) is 0 Å². The first-order valence-electron chi connectivity index (χ1n) is 5.71. The first-order valence-corrected chi connectivity index (χ1v) is 5.71. The molecule has 5 nitrogen and oxygen atoms in total. The van der Waals surface area contributed by atoms with Gasteiger partial charge in [0.2, 0.25) is 11.8 Å². The Balaban J connectivity index is 3.63. The second-order valence-electron chi connectivity index (χ2n) is 4.41. The van der Waals surface area contributed by atoms with Gasteiger partial charge in [-0.05, 0) is 19.3 Å². The summed E-state index contributed by atoms with van der Waals surface area (Å²) >= 11 is 0. The van der Waals surface area contributed by atoms with Crippen molar-refractivity contribution in [3.63, 3.8) is 0 Å². The van der Waals surface area contributed by atoms with Crippen LogP contribution in [0.3, 0.4) is 0 Å². The molecule has 0 spiro atoms. The Morgan fingerprint density at radius 2 is 1.81 bits per heavy atom. The lowest BCUT2D eigenvalue weighted by Crippen LogP contribution is -2.43. The highest BCUT2D eigenvalue weighted by atomic mass is 16.2. The Morgan fingerprint density at radius 3 is 2.31 bits per heavy atom. The normalized spacial score (nSPS) is 12.3. The van der Waals surface area contributed by atoms with E-state index in [-0.39, 0.29) is 24.4 Å². The van der Waals surface area contributed by atoms with Gasteiger partial charge in [-0.2, -0.15) is 0 Å². The van der Waals surface area contributed by atoms with Gasteiger partial charge < -0.3 is 16.4 Å². The molecule has 0 saturated carbocycles. The maximum atomic E-state index is 11.3. The van der Waals surface area contributed by atoms with Crippen molar-refractivity contribution in [3.8, 4) is 0 Å². The van der Waals surface area contributed by atoms with Crippen LogP contribution < -0.4 is 16.4 Å². The second-order valence-corrected chi connectivity index (χ2v) is 4.41. The number of carbonyl (C=O) groups is 2. The van der Waals surface area contributed by atoms with Gasteiger partial charge in [0.1, 0.15) is 0 Å². The van der Waals surface area contributed by atoms with Crippen LogP contribution in [0.2, 0.25) is 0 Å². The summed E-state index contributed by atoms with van der Waals surface area (Å²) in [6, 6.07) is -0.0555. The maximum Gasteiger partial charge on any atom is 0.239 e. The van der Waals surface area contributed by atoms with Crippen LogP contribution in [-0.4, -0.2) is 30.9 Å². The van der Waals surface area contributed by atoms with Crippen LogP contribution in [0.1, 0.15) is 33.6 Å². The van der Waals surface area contributed by atoms with Gasteiger partial charge in [0.15, 0.2) is 0 Å². The van der Waals surface area contributed by atoms with Crippen molar-refractivity contribution >= 4 is 11.8 Å². The molecule has 0 rings (SSSR count). The lowest BCUT2D eigenvalue weighted by atomic mass is 10.1. The Hall–Kier alpha value is -1.10. The van der Waals surface area contributed by atoms with Crippen LogP contribution in [0.25, 0.3) is 0 Å². The van der Waals surface area contributed by atoms with E-state index in [1.54, 1.807) is 0 Å². The minimum Gasteiger partial charge on any atom is -0.351 e. The fourth-order valence-corrected chi connectivity index (χ4v) is 1.07. The largest absolute Gasteiger partial charge is 0.351 e. The fourth-order valence-electron chi connectivity index (χ4n) is 1.07. The predicted molar refractivity (Wildman–Crippen MR) is 63.7 cm³/mol. The van der Waals surface area contributed by atoms with Gasteiger partial charge in [-0.25, -0.2) is 0 Å². The van der Waals surface area contributed by atoms with Gasteiger partial charge in [-0.15, -0.1) is 0 Å². The average Bonchev–Trinajstić information content (AvgIpc) is 2.23. The van der Waals surface area contributed by atoms with Crippen LogP contribution in [0.5, 0.6) is 0 Å². The summed E-state index contributed by atoms with van der Waals surface area (Å²) in [6.45, 7) is 6.36. The van der Waals surface area contributed by atoms with E-state index in [1.807, 2.05) is 6.92 Å². The van der Waals surface area contributed by atoms with E-state index in [0.717, 1.165) is 6.42 Å². The number of nitrogens with one attached hydrogen (secondary N) is 2. The van der Waals surface area contributed by atoms with Crippen molar-refractivity contribution in [3.05, 3.63) is 0 Å². The SMILES string of the molecule is CC(C)CCC(=O)NCC(=O)N[C@@H](C)CN.